The quantitative estimate of drug-likeness (QED) is 0.164. The molecule has 0 saturated carbocycles. The first-order chi connectivity index (χ1) is 30.7. The minimum absolute atomic E-state index is 0.454. The van der Waals surface area contributed by atoms with Gasteiger partial charge < -0.3 is 18.3 Å². The van der Waals surface area contributed by atoms with E-state index in [2.05, 4.69) is 193 Å². The second kappa shape index (κ2) is 12.8. The van der Waals surface area contributed by atoms with E-state index in [1.54, 1.807) is 0 Å². The Labute approximate surface area is 355 Å². The Balaban J connectivity index is 1.16. The van der Waals surface area contributed by atoms with E-state index in [-0.39, 0.29) is 0 Å². The van der Waals surface area contributed by atoms with Gasteiger partial charge in [0.2, 0.25) is 5.69 Å². The molecule has 0 N–H and O–H groups in total. The predicted octanol–water partition coefficient (Wildman–Crippen LogP) is 14.5. The van der Waals surface area contributed by atoms with Crippen LogP contribution in [0.5, 0.6) is 0 Å². The lowest BCUT2D eigenvalue weighted by Gasteiger charge is -2.16. The first-order valence-electron chi connectivity index (χ1n) is 20.7. The Hall–Kier alpha value is -8.84. The fraction of sp³-hybridized carbons (Fsp3) is 0. The van der Waals surface area contributed by atoms with Crippen LogP contribution in [0.1, 0.15) is 5.56 Å². The fourth-order valence-corrected chi connectivity index (χ4v) is 10.3. The van der Waals surface area contributed by atoms with Gasteiger partial charge in [-0.3, -0.25) is 0 Å². The molecule has 0 atom stereocenters. The van der Waals surface area contributed by atoms with Crippen LogP contribution < -0.4 is 0 Å². The van der Waals surface area contributed by atoms with E-state index >= 15 is 0 Å². The summed E-state index contributed by atoms with van der Waals surface area (Å²) in [5, 5.41) is 20.0. The highest BCUT2D eigenvalue weighted by atomic mass is 15.0. The third-order valence-corrected chi connectivity index (χ3v) is 12.8. The van der Waals surface area contributed by atoms with Gasteiger partial charge in [-0.15, -0.1) is 0 Å². The van der Waals surface area contributed by atoms with Crippen LogP contribution in [0.25, 0.3) is 115 Å². The molecule has 0 aliphatic rings. The zero-order valence-electron chi connectivity index (χ0n) is 33.2. The molecule has 0 amide bonds. The van der Waals surface area contributed by atoms with Gasteiger partial charge in [0.05, 0.1) is 67.6 Å². The summed E-state index contributed by atoms with van der Waals surface area (Å²) in [5.74, 6) is 0. The average Bonchev–Trinajstić information content (AvgIpc) is 4.06. The number of hydrogen-bond acceptors (Lipinski definition) is 1. The van der Waals surface area contributed by atoms with E-state index < -0.39 is 0 Å². The molecule has 9 aromatic carbocycles. The van der Waals surface area contributed by atoms with Crippen molar-refractivity contribution in [3.05, 3.63) is 211 Å². The summed E-state index contributed by atoms with van der Waals surface area (Å²) in [7, 11) is 0. The maximum atomic E-state index is 11.3. The molecular formula is C56H32N6. The van der Waals surface area contributed by atoms with Crippen LogP contribution in [0, 0.1) is 17.9 Å². The van der Waals surface area contributed by atoms with Crippen molar-refractivity contribution in [1.82, 2.24) is 18.3 Å². The molecule has 0 saturated heterocycles. The monoisotopic (exact) mass is 788 g/mol. The second-order valence-corrected chi connectivity index (χ2v) is 15.9. The van der Waals surface area contributed by atoms with E-state index in [0.717, 1.165) is 98.6 Å². The Kier molecular flexibility index (Phi) is 7.05. The minimum Gasteiger partial charge on any atom is -0.318 e. The Morgan fingerprint density at radius 2 is 0.774 bits per heavy atom. The lowest BCUT2D eigenvalue weighted by Crippen LogP contribution is -2.02. The summed E-state index contributed by atoms with van der Waals surface area (Å²) in [6.07, 6.45) is 0. The van der Waals surface area contributed by atoms with Gasteiger partial charge >= 0.3 is 0 Å². The van der Waals surface area contributed by atoms with Crippen molar-refractivity contribution in [2.75, 3.05) is 0 Å². The molecule has 0 bridgehead atoms. The van der Waals surface area contributed by atoms with Gasteiger partial charge in [0.1, 0.15) is 6.07 Å². The summed E-state index contributed by atoms with van der Waals surface area (Å²) in [5.41, 5.74) is 12.7. The van der Waals surface area contributed by atoms with Crippen molar-refractivity contribution < 1.29 is 0 Å². The number of para-hydroxylation sites is 6. The molecule has 0 spiro atoms. The lowest BCUT2D eigenvalue weighted by molar-refractivity contribution is 1.14. The molecule has 13 rings (SSSR count). The van der Waals surface area contributed by atoms with Crippen LogP contribution in [-0.2, 0) is 0 Å². The molecule has 4 heterocycles. The molecule has 6 nitrogen and oxygen atoms in total. The molecule has 286 valence electrons. The topological polar surface area (TPSA) is 47.9 Å². The molecule has 13 aromatic rings. The van der Waals surface area contributed by atoms with E-state index in [1.807, 2.05) is 30.3 Å². The average molecular weight is 789 g/mol. The van der Waals surface area contributed by atoms with Crippen molar-refractivity contribution >= 4 is 92.9 Å². The van der Waals surface area contributed by atoms with E-state index in [1.165, 1.54) is 0 Å². The highest BCUT2D eigenvalue weighted by Gasteiger charge is 2.26. The maximum Gasteiger partial charge on any atom is 0.212 e. The van der Waals surface area contributed by atoms with E-state index in [9.17, 15) is 5.26 Å². The van der Waals surface area contributed by atoms with Crippen molar-refractivity contribution in [2.24, 2.45) is 0 Å². The van der Waals surface area contributed by atoms with Crippen molar-refractivity contribution in [3.8, 4) is 28.8 Å². The van der Waals surface area contributed by atoms with Gasteiger partial charge in [-0.05, 0) is 72.8 Å². The van der Waals surface area contributed by atoms with E-state index in [0.29, 0.717) is 22.6 Å². The SMILES string of the molecule is [C-]#[N+]c1cc(-n2c3ccccc3c3ccc4c(c5ccccc5n4-c4ccccc4)c32)c(C#N)cc1-n1c2ccccc2c2ccc3c(c4ccccc4n3-c3ccccc3)c21. The summed E-state index contributed by atoms with van der Waals surface area (Å²) < 4.78 is 9.10. The highest BCUT2D eigenvalue weighted by Crippen LogP contribution is 2.46. The Morgan fingerprint density at radius 1 is 0.371 bits per heavy atom. The largest absolute Gasteiger partial charge is 0.318 e. The fourth-order valence-electron chi connectivity index (χ4n) is 10.3. The number of nitrogens with zero attached hydrogens (tertiary/aromatic N) is 6. The molecule has 0 aliphatic heterocycles. The third kappa shape index (κ3) is 4.50. The van der Waals surface area contributed by atoms with Gasteiger partial charge in [-0.2, -0.15) is 5.26 Å². The van der Waals surface area contributed by atoms with Gasteiger partial charge in [-0.1, -0.05) is 121 Å². The molecule has 0 fully saturated rings. The number of aromatic nitrogens is 4. The number of hydrogen-bond donors (Lipinski definition) is 0. The molecule has 0 unspecified atom stereocenters. The number of benzene rings is 9. The second-order valence-electron chi connectivity index (χ2n) is 15.9. The molecule has 0 aliphatic carbocycles. The number of nitriles is 1. The van der Waals surface area contributed by atoms with E-state index in [4.69, 9.17) is 6.57 Å². The molecule has 62 heavy (non-hydrogen) atoms. The van der Waals surface area contributed by atoms with Crippen LogP contribution in [0.3, 0.4) is 0 Å². The minimum atomic E-state index is 0.454. The third-order valence-electron chi connectivity index (χ3n) is 12.8. The zero-order chi connectivity index (χ0) is 41.1. The Bertz CT molecular complexity index is 3840. The van der Waals surface area contributed by atoms with Gasteiger partial charge in [0.25, 0.3) is 0 Å². The highest BCUT2D eigenvalue weighted by molar-refractivity contribution is 6.28. The smallest absolute Gasteiger partial charge is 0.212 e. The predicted molar refractivity (Wildman–Crippen MR) is 255 cm³/mol. The molecule has 6 heteroatoms. The van der Waals surface area contributed by atoms with Crippen LogP contribution >= 0.6 is 0 Å². The standard InChI is InChI=1S/C56H32N6/c1-58-44-33-51(61-45-24-12-8-20-38(45)40-28-30-49-53(55(40)61)42-22-10-14-26-47(42)59(49)36-16-4-2-5-17-36)35(34-57)32-52(44)62-46-25-13-9-21-39(46)41-29-31-50-54(56(41)62)43-23-11-15-27-48(43)60(50)37-18-6-3-7-19-37/h2-33H. The lowest BCUT2D eigenvalue weighted by atomic mass is 10.1. The maximum absolute atomic E-state index is 11.3. The Morgan fingerprint density at radius 3 is 1.23 bits per heavy atom. The summed E-state index contributed by atoms with van der Waals surface area (Å²) in [4.78, 5) is 4.29. The van der Waals surface area contributed by atoms with Crippen LogP contribution in [-0.4, -0.2) is 18.3 Å². The van der Waals surface area contributed by atoms with Gasteiger partial charge in [-0.25, -0.2) is 4.85 Å². The van der Waals surface area contributed by atoms with Gasteiger partial charge in [0, 0.05) is 54.5 Å². The molecule has 0 radical (unpaired) electrons. The van der Waals surface area contributed by atoms with Crippen LogP contribution in [0.2, 0.25) is 0 Å². The summed E-state index contributed by atoms with van der Waals surface area (Å²) in [6.45, 7) is 8.84. The first kappa shape index (κ1) is 34.1. The number of fused-ring (bicyclic) bond motifs is 14. The molecule has 4 aromatic heterocycles. The van der Waals surface area contributed by atoms with Crippen LogP contribution in [0.4, 0.5) is 5.69 Å². The van der Waals surface area contributed by atoms with Crippen molar-refractivity contribution in [2.45, 2.75) is 0 Å². The van der Waals surface area contributed by atoms with Gasteiger partial charge in [0.15, 0.2) is 0 Å². The summed E-state index contributed by atoms with van der Waals surface area (Å²) >= 11 is 0. The van der Waals surface area contributed by atoms with Crippen LogP contribution in [0.15, 0.2) is 194 Å². The number of rotatable bonds is 4. The van der Waals surface area contributed by atoms with Crippen molar-refractivity contribution in [3.63, 3.8) is 0 Å². The normalized spacial score (nSPS) is 11.8. The zero-order valence-corrected chi connectivity index (χ0v) is 33.2. The first-order valence-corrected chi connectivity index (χ1v) is 20.7. The molecular weight excluding hydrogens is 757 g/mol. The van der Waals surface area contributed by atoms with Crippen molar-refractivity contribution in [1.29, 1.82) is 5.26 Å². The summed E-state index contributed by atoms with van der Waals surface area (Å²) in [6, 6.07) is 70.2.